The molecular formula is C30H26BrClN2O2S. The molecule has 0 spiro atoms. The third-order valence-electron chi connectivity index (χ3n) is 5.81. The van der Waals surface area contributed by atoms with Crippen molar-refractivity contribution in [1.82, 2.24) is 4.98 Å². The molecule has 0 radical (unpaired) electrons. The Morgan fingerprint density at radius 3 is 2.57 bits per heavy atom. The van der Waals surface area contributed by atoms with Crippen LogP contribution in [0.4, 0.5) is 5.69 Å². The molecule has 188 valence electrons. The number of rotatable bonds is 9. The predicted octanol–water partition coefficient (Wildman–Crippen LogP) is 9.28. The molecule has 37 heavy (non-hydrogen) atoms. The summed E-state index contributed by atoms with van der Waals surface area (Å²) in [4.78, 5) is 4.79. The molecule has 0 fully saturated rings. The van der Waals surface area contributed by atoms with Crippen molar-refractivity contribution < 1.29 is 9.47 Å². The summed E-state index contributed by atoms with van der Waals surface area (Å²) in [6.45, 7) is 5.67. The van der Waals surface area contributed by atoms with Gasteiger partial charge in [0, 0.05) is 22.8 Å². The molecule has 0 aliphatic rings. The van der Waals surface area contributed by atoms with Gasteiger partial charge in [-0.1, -0.05) is 29.8 Å². The molecule has 5 rings (SSSR count). The third kappa shape index (κ3) is 6.27. The second-order valence-electron chi connectivity index (χ2n) is 8.68. The molecule has 1 heterocycles. The molecule has 0 unspecified atom stereocenters. The molecule has 7 heteroatoms. The van der Waals surface area contributed by atoms with E-state index in [1.54, 1.807) is 11.3 Å². The van der Waals surface area contributed by atoms with Crippen molar-refractivity contribution >= 4 is 54.8 Å². The van der Waals surface area contributed by atoms with Gasteiger partial charge >= 0.3 is 0 Å². The molecule has 0 saturated carbocycles. The Kier molecular flexibility index (Phi) is 7.99. The number of hydrogen-bond donors (Lipinski definition) is 1. The number of nitrogens with zero attached hydrogens (tertiary/aromatic N) is 1. The van der Waals surface area contributed by atoms with E-state index < -0.39 is 0 Å². The van der Waals surface area contributed by atoms with Crippen LogP contribution < -0.4 is 14.8 Å². The maximum atomic E-state index is 6.11. The number of thiazole rings is 1. The van der Waals surface area contributed by atoms with Gasteiger partial charge < -0.3 is 14.8 Å². The van der Waals surface area contributed by atoms with Gasteiger partial charge in [0.2, 0.25) is 0 Å². The van der Waals surface area contributed by atoms with Crippen LogP contribution in [0.15, 0.2) is 83.3 Å². The maximum Gasteiger partial charge on any atom is 0.175 e. The van der Waals surface area contributed by atoms with Gasteiger partial charge in [0.1, 0.15) is 11.6 Å². The topological polar surface area (TPSA) is 43.4 Å². The molecule has 0 atom stereocenters. The molecule has 0 saturated heterocycles. The summed E-state index contributed by atoms with van der Waals surface area (Å²) >= 11 is 11.5. The molecule has 4 nitrogen and oxygen atoms in total. The molecule has 0 bridgehead atoms. The van der Waals surface area contributed by atoms with Crippen molar-refractivity contribution in [2.24, 2.45) is 0 Å². The van der Waals surface area contributed by atoms with Crippen molar-refractivity contribution in [3.63, 3.8) is 0 Å². The zero-order valence-corrected chi connectivity index (χ0v) is 23.7. The summed E-state index contributed by atoms with van der Waals surface area (Å²) in [6.07, 6.45) is 0. The number of anilines is 1. The second kappa shape index (κ2) is 11.5. The van der Waals surface area contributed by atoms with Crippen LogP contribution in [0.25, 0.3) is 20.8 Å². The SMILES string of the molecule is CCOc1cc(CNc2ccc(-c3nc4ccc(C)cc4s3)cc2)cc(Br)c1OCc1cccc(Cl)c1. The van der Waals surface area contributed by atoms with Gasteiger partial charge in [-0.15, -0.1) is 11.3 Å². The highest BCUT2D eigenvalue weighted by Crippen LogP contribution is 2.38. The van der Waals surface area contributed by atoms with Crippen LogP contribution in [-0.2, 0) is 13.2 Å². The molecule has 0 aliphatic heterocycles. The average molecular weight is 594 g/mol. The highest BCUT2D eigenvalue weighted by atomic mass is 79.9. The molecule has 0 amide bonds. The van der Waals surface area contributed by atoms with Gasteiger partial charge in [-0.05, 0) is 107 Å². The van der Waals surface area contributed by atoms with Crippen molar-refractivity contribution in [2.45, 2.75) is 27.0 Å². The maximum absolute atomic E-state index is 6.11. The van der Waals surface area contributed by atoms with Gasteiger partial charge in [-0.25, -0.2) is 4.98 Å². The van der Waals surface area contributed by atoms with E-state index in [0.717, 1.165) is 37.4 Å². The van der Waals surface area contributed by atoms with E-state index in [2.05, 4.69) is 76.7 Å². The number of aryl methyl sites for hydroxylation is 1. The smallest absolute Gasteiger partial charge is 0.175 e. The number of halogens is 2. The molecule has 1 N–H and O–H groups in total. The zero-order valence-electron chi connectivity index (χ0n) is 20.6. The Morgan fingerprint density at radius 1 is 0.946 bits per heavy atom. The molecule has 5 aromatic rings. The Hall–Kier alpha value is -3.06. The van der Waals surface area contributed by atoms with E-state index >= 15 is 0 Å². The largest absolute Gasteiger partial charge is 0.490 e. The number of fused-ring (bicyclic) bond motifs is 1. The van der Waals surface area contributed by atoms with E-state index in [1.807, 2.05) is 37.3 Å². The lowest BCUT2D eigenvalue weighted by Gasteiger charge is -2.16. The van der Waals surface area contributed by atoms with Crippen molar-refractivity contribution in [3.05, 3.63) is 105 Å². The molecule has 4 aromatic carbocycles. The number of ether oxygens (including phenoxy) is 2. The fourth-order valence-corrected chi connectivity index (χ4v) is 5.88. The average Bonchev–Trinajstić information content (AvgIpc) is 3.31. The molecule has 0 aliphatic carbocycles. The predicted molar refractivity (Wildman–Crippen MR) is 158 cm³/mol. The van der Waals surface area contributed by atoms with Crippen LogP contribution in [0.3, 0.4) is 0 Å². The van der Waals surface area contributed by atoms with Crippen LogP contribution in [0, 0.1) is 6.92 Å². The lowest BCUT2D eigenvalue weighted by molar-refractivity contribution is 0.267. The Morgan fingerprint density at radius 2 is 1.78 bits per heavy atom. The van der Waals surface area contributed by atoms with Crippen LogP contribution in [0.5, 0.6) is 11.5 Å². The lowest BCUT2D eigenvalue weighted by Crippen LogP contribution is -2.04. The summed E-state index contributed by atoms with van der Waals surface area (Å²) in [5.41, 5.74) is 6.53. The number of nitrogens with one attached hydrogen (secondary N) is 1. The van der Waals surface area contributed by atoms with Gasteiger partial charge in [-0.2, -0.15) is 0 Å². The van der Waals surface area contributed by atoms with Crippen LogP contribution in [-0.4, -0.2) is 11.6 Å². The van der Waals surface area contributed by atoms with E-state index in [4.69, 9.17) is 26.1 Å². The summed E-state index contributed by atoms with van der Waals surface area (Å²) in [7, 11) is 0. The first kappa shape index (κ1) is 25.6. The first-order valence-electron chi connectivity index (χ1n) is 12.0. The van der Waals surface area contributed by atoms with Gasteiger partial charge in [0.25, 0.3) is 0 Å². The summed E-state index contributed by atoms with van der Waals surface area (Å²) in [6, 6.07) is 26.5. The number of aromatic nitrogens is 1. The molecular weight excluding hydrogens is 568 g/mol. The quantitative estimate of drug-likeness (QED) is 0.185. The minimum Gasteiger partial charge on any atom is -0.490 e. The van der Waals surface area contributed by atoms with Crippen molar-refractivity contribution in [2.75, 3.05) is 11.9 Å². The summed E-state index contributed by atoms with van der Waals surface area (Å²) < 4.78 is 14.1. The van der Waals surface area contributed by atoms with Gasteiger partial charge in [0.15, 0.2) is 11.5 Å². The van der Waals surface area contributed by atoms with E-state index in [0.29, 0.717) is 36.3 Å². The number of benzene rings is 4. The monoisotopic (exact) mass is 592 g/mol. The van der Waals surface area contributed by atoms with Crippen LogP contribution in [0.2, 0.25) is 5.02 Å². The molecule has 1 aromatic heterocycles. The number of hydrogen-bond acceptors (Lipinski definition) is 5. The summed E-state index contributed by atoms with van der Waals surface area (Å²) in [5.74, 6) is 1.39. The van der Waals surface area contributed by atoms with Crippen molar-refractivity contribution in [3.8, 4) is 22.1 Å². The Labute approximate surface area is 234 Å². The van der Waals surface area contributed by atoms with E-state index in [1.165, 1.54) is 10.3 Å². The first-order chi connectivity index (χ1) is 18.0. The second-order valence-corrected chi connectivity index (χ2v) is 11.0. The van der Waals surface area contributed by atoms with E-state index in [-0.39, 0.29) is 0 Å². The highest BCUT2D eigenvalue weighted by Gasteiger charge is 2.13. The Bertz CT molecular complexity index is 1540. The zero-order chi connectivity index (χ0) is 25.8. The van der Waals surface area contributed by atoms with Crippen LogP contribution in [0.1, 0.15) is 23.6 Å². The van der Waals surface area contributed by atoms with Crippen molar-refractivity contribution in [1.29, 1.82) is 0 Å². The fourth-order valence-electron chi connectivity index (χ4n) is 4.00. The minimum atomic E-state index is 0.400. The van der Waals surface area contributed by atoms with E-state index in [9.17, 15) is 0 Å². The minimum absolute atomic E-state index is 0.400. The first-order valence-corrected chi connectivity index (χ1v) is 14.0. The lowest BCUT2D eigenvalue weighted by atomic mass is 10.1. The third-order valence-corrected chi connectivity index (χ3v) is 7.71. The van der Waals surface area contributed by atoms with Gasteiger partial charge in [0.05, 0.1) is 21.3 Å². The fraction of sp³-hybridized carbons (Fsp3) is 0.167. The van der Waals surface area contributed by atoms with Crippen LogP contribution >= 0.6 is 38.9 Å². The standard InChI is InChI=1S/C30H26BrClN2O2S/c1-3-35-27-16-21(15-25(31)29(27)36-18-20-5-4-6-23(32)14-20)17-33-24-10-8-22(9-11-24)30-34-26-12-7-19(2)13-28(26)37-30/h4-16,33H,3,17-18H2,1-2H3. The summed E-state index contributed by atoms with van der Waals surface area (Å²) in [5, 5.41) is 5.23. The van der Waals surface area contributed by atoms with Gasteiger partial charge in [-0.3, -0.25) is 0 Å². The normalized spacial score (nSPS) is 11.0. The Balaban J connectivity index is 1.27. The highest BCUT2D eigenvalue weighted by molar-refractivity contribution is 9.10.